The fraction of sp³-hybridized carbons (Fsp3) is 0.462. The van der Waals surface area contributed by atoms with Gasteiger partial charge in [-0.25, -0.2) is 4.79 Å². The number of rotatable bonds is 3. The first-order chi connectivity index (χ1) is 8.72. The summed E-state index contributed by atoms with van der Waals surface area (Å²) < 4.78 is 15.8. The molecule has 1 saturated heterocycles. The maximum absolute atomic E-state index is 12.0. The van der Waals surface area contributed by atoms with E-state index in [-0.39, 0.29) is 6.10 Å². The van der Waals surface area contributed by atoms with E-state index >= 15 is 0 Å². The highest BCUT2D eigenvalue weighted by molar-refractivity contribution is 5.94. The van der Waals surface area contributed by atoms with Gasteiger partial charge in [0, 0.05) is 6.61 Å². The topological polar surface area (TPSA) is 70.8 Å². The number of nitrogen functional groups attached to an aromatic ring is 1. The number of methoxy groups -OCH3 is 1. The Bertz CT molecular complexity index is 427. The van der Waals surface area contributed by atoms with Crippen LogP contribution in [0.5, 0.6) is 5.75 Å². The Morgan fingerprint density at radius 3 is 3.00 bits per heavy atom. The summed E-state index contributed by atoms with van der Waals surface area (Å²) in [7, 11) is 1.48. The van der Waals surface area contributed by atoms with E-state index in [0.717, 1.165) is 19.4 Å². The van der Waals surface area contributed by atoms with E-state index in [1.54, 1.807) is 18.2 Å². The molecular formula is C13H17NO4. The summed E-state index contributed by atoms with van der Waals surface area (Å²) in [6, 6.07) is 5.02. The smallest absolute Gasteiger partial charge is 0.342 e. The zero-order valence-corrected chi connectivity index (χ0v) is 10.3. The SMILES string of the molecule is COc1c(N)cccc1C(=O)OC1CCCOC1. The lowest BCUT2D eigenvalue weighted by atomic mass is 10.1. The standard InChI is InChI=1S/C13H17NO4/c1-16-12-10(5-2-6-11(12)14)13(15)18-9-4-3-7-17-8-9/h2,5-6,9H,3-4,7-8,14H2,1H3. The summed E-state index contributed by atoms with van der Waals surface area (Å²) in [5.41, 5.74) is 6.52. The van der Waals surface area contributed by atoms with E-state index in [9.17, 15) is 4.79 Å². The van der Waals surface area contributed by atoms with Gasteiger partial charge in [-0.15, -0.1) is 0 Å². The predicted octanol–water partition coefficient (Wildman–Crippen LogP) is 1.61. The number of hydrogen-bond acceptors (Lipinski definition) is 5. The summed E-state index contributed by atoms with van der Waals surface area (Å²) in [5.74, 6) is -0.0612. The zero-order valence-electron chi connectivity index (χ0n) is 10.3. The van der Waals surface area contributed by atoms with Crippen molar-refractivity contribution >= 4 is 11.7 Å². The number of hydrogen-bond donors (Lipinski definition) is 1. The van der Waals surface area contributed by atoms with Gasteiger partial charge in [-0.05, 0) is 25.0 Å². The summed E-state index contributed by atoms with van der Waals surface area (Å²) in [6.07, 6.45) is 1.56. The van der Waals surface area contributed by atoms with Crippen molar-refractivity contribution in [2.24, 2.45) is 0 Å². The van der Waals surface area contributed by atoms with Gasteiger partial charge >= 0.3 is 5.97 Å². The van der Waals surface area contributed by atoms with E-state index in [2.05, 4.69) is 0 Å². The van der Waals surface area contributed by atoms with Gasteiger partial charge in [-0.3, -0.25) is 0 Å². The first-order valence-electron chi connectivity index (χ1n) is 5.93. The molecule has 1 atom stereocenters. The van der Waals surface area contributed by atoms with Crippen LogP contribution in [0.25, 0.3) is 0 Å². The Kier molecular flexibility index (Phi) is 4.04. The van der Waals surface area contributed by atoms with Gasteiger partial charge < -0.3 is 19.9 Å². The molecule has 0 aromatic heterocycles. The number of nitrogens with two attached hydrogens (primary N) is 1. The zero-order chi connectivity index (χ0) is 13.0. The molecule has 1 fully saturated rings. The monoisotopic (exact) mass is 251 g/mol. The van der Waals surface area contributed by atoms with Gasteiger partial charge in [0.05, 0.1) is 19.4 Å². The Morgan fingerprint density at radius 2 is 2.33 bits per heavy atom. The van der Waals surface area contributed by atoms with Crippen LogP contribution in [0.1, 0.15) is 23.2 Å². The van der Waals surface area contributed by atoms with Crippen LogP contribution in [0.4, 0.5) is 5.69 Å². The van der Waals surface area contributed by atoms with Gasteiger partial charge in [0.15, 0.2) is 5.75 Å². The number of ether oxygens (including phenoxy) is 3. The predicted molar refractivity (Wildman–Crippen MR) is 66.7 cm³/mol. The molecule has 18 heavy (non-hydrogen) atoms. The molecule has 0 amide bonds. The average Bonchev–Trinajstić information content (AvgIpc) is 2.39. The molecule has 1 aromatic carbocycles. The minimum Gasteiger partial charge on any atom is -0.494 e. The molecule has 1 unspecified atom stereocenters. The van der Waals surface area contributed by atoms with Crippen molar-refractivity contribution in [1.82, 2.24) is 0 Å². The summed E-state index contributed by atoms with van der Waals surface area (Å²) in [5, 5.41) is 0. The van der Waals surface area contributed by atoms with Gasteiger partial charge in [-0.2, -0.15) is 0 Å². The van der Waals surface area contributed by atoms with E-state index in [0.29, 0.717) is 23.6 Å². The lowest BCUT2D eigenvalue weighted by Crippen LogP contribution is -2.28. The molecular weight excluding hydrogens is 234 g/mol. The summed E-state index contributed by atoms with van der Waals surface area (Å²) >= 11 is 0. The largest absolute Gasteiger partial charge is 0.494 e. The summed E-state index contributed by atoms with van der Waals surface area (Å²) in [6.45, 7) is 1.19. The molecule has 1 heterocycles. The van der Waals surface area contributed by atoms with Crippen molar-refractivity contribution in [3.63, 3.8) is 0 Å². The molecule has 0 aliphatic carbocycles. The average molecular weight is 251 g/mol. The molecule has 98 valence electrons. The van der Waals surface area contributed by atoms with E-state index in [4.69, 9.17) is 19.9 Å². The molecule has 1 aromatic rings. The van der Waals surface area contributed by atoms with Crippen molar-refractivity contribution in [2.45, 2.75) is 18.9 Å². The maximum Gasteiger partial charge on any atom is 0.342 e. The second-order valence-electron chi connectivity index (χ2n) is 4.17. The molecule has 1 aliphatic rings. The highest BCUT2D eigenvalue weighted by atomic mass is 16.6. The quantitative estimate of drug-likeness (QED) is 0.653. The van der Waals surface area contributed by atoms with Gasteiger partial charge in [-0.1, -0.05) is 6.07 Å². The van der Waals surface area contributed by atoms with E-state index < -0.39 is 5.97 Å². The number of para-hydroxylation sites is 1. The third-order valence-corrected chi connectivity index (χ3v) is 2.86. The van der Waals surface area contributed by atoms with Crippen LogP contribution in [-0.2, 0) is 9.47 Å². The van der Waals surface area contributed by atoms with E-state index in [1.807, 2.05) is 0 Å². The van der Waals surface area contributed by atoms with Gasteiger partial charge in [0.25, 0.3) is 0 Å². The molecule has 2 rings (SSSR count). The Labute approximate surface area is 106 Å². The Morgan fingerprint density at radius 1 is 1.50 bits per heavy atom. The van der Waals surface area contributed by atoms with Crippen LogP contribution in [0.3, 0.4) is 0 Å². The first-order valence-corrected chi connectivity index (χ1v) is 5.93. The molecule has 0 spiro atoms. The fourth-order valence-electron chi connectivity index (χ4n) is 1.96. The molecule has 0 bridgehead atoms. The Balaban J connectivity index is 2.10. The van der Waals surface area contributed by atoms with Crippen molar-refractivity contribution in [3.8, 4) is 5.75 Å². The molecule has 2 N–H and O–H groups in total. The molecule has 0 radical (unpaired) electrons. The van der Waals surface area contributed by atoms with Crippen LogP contribution >= 0.6 is 0 Å². The lowest BCUT2D eigenvalue weighted by Gasteiger charge is -2.22. The number of carbonyl (C=O) groups excluding carboxylic acids is 1. The molecule has 1 aliphatic heterocycles. The van der Waals surface area contributed by atoms with Crippen molar-refractivity contribution < 1.29 is 19.0 Å². The lowest BCUT2D eigenvalue weighted by molar-refractivity contribution is -0.0307. The van der Waals surface area contributed by atoms with Gasteiger partial charge in [0.1, 0.15) is 11.7 Å². The fourth-order valence-corrected chi connectivity index (χ4v) is 1.96. The molecule has 5 nitrogen and oxygen atoms in total. The van der Waals surface area contributed by atoms with Crippen molar-refractivity contribution in [2.75, 3.05) is 26.1 Å². The van der Waals surface area contributed by atoms with Crippen LogP contribution in [0.2, 0.25) is 0 Å². The minimum absolute atomic E-state index is 0.183. The third kappa shape index (κ3) is 2.73. The Hall–Kier alpha value is -1.75. The molecule has 0 saturated carbocycles. The number of carbonyl (C=O) groups is 1. The van der Waals surface area contributed by atoms with Crippen LogP contribution in [0.15, 0.2) is 18.2 Å². The van der Waals surface area contributed by atoms with Crippen LogP contribution < -0.4 is 10.5 Å². The highest BCUT2D eigenvalue weighted by Gasteiger charge is 2.22. The molecule has 5 heteroatoms. The second-order valence-corrected chi connectivity index (χ2v) is 4.17. The highest BCUT2D eigenvalue weighted by Crippen LogP contribution is 2.27. The number of anilines is 1. The maximum atomic E-state index is 12.0. The third-order valence-electron chi connectivity index (χ3n) is 2.86. The number of benzene rings is 1. The van der Waals surface area contributed by atoms with E-state index in [1.165, 1.54) is 7.11 Å². The minimum atomic E-state index is -0.422. The van der Waals surface area contributed by atoms with Crippen LogP contribution in [-0.4, -0.2) is 32.4 Å². The van der Waals surface area contributed by atoms with Crippen molar-refractivity contribution in [3.05, 3.63) is 23.8 Å². The van der Waals surface area contributed by atoms with Crippen LogP contribution in [0, 0.1) is 0 Å². The van der Waals surface area contributed by atoms with Gasteiger partial charge in [0.2, 0.25) is 0 Å². The van der Waals surface area contributed by atoms with Crippen molar-refractivity contribution in [1.29, 1.82) is 0 Å². The number of esters is 1. The second kappa shape index (κ2) is 5.73. The normalized spacial score (nSPS) is 19.3. The first kappa shape index (κ1) is 12.7. The summed E-state index contributed by atoms with van der Waals surface area (Å²) in [4.78, 5) is 12.0.